The smallest absolute Gasteiger partial charge is 0.345 e. The van der Waals surface area contributed by atoms with Crippen LogP contribution in [0.25, 0.3) is 0 Å². The summed E-state index contributed by atoms with van der Waals surface area (Å²) in [5.74, 6) is -8.75. The van der Waals surface area contributed by atoms with Gasteiger partial charge in [-0.25, -0.2) is 22.4 Å². The summed E-state index contributed by atoms with van der Waals surface area (Å²) >= 11 is 0. The van der Waals surface area contributed by atoms with E-state index < -0.39 is 65.3 Å². The highest BCUT2D eigenvalue weighted by molar-refractivity contribution is 5.88. The Morgan fingerprint density at radius 2 is 1.77 bits per heavy atom. The molecule has 0 bridgehead atoms. The van der Waals surface area contributed by atoms with Gasteiger partial charge in [0, 0.05) is 31.5 Å². The highest BCUT2D eigenvalue weighted by Crippen LogP contribution is 2.23. The van der Waals surface area contributed by atoms with Crippen molar-refractivity contribution in [1.29, 1.82) is 0 Å². The predicted octanol–water partition coefficient (Wildman–Crippen LogP) is 3.30. The van der Waals surface area contributed by atoms with Crippen LogP contribution < -0.4 is 15.8 Å². The monoisotopic (exact) mass is 553 g/mol. The minimum absolute atomic E-state index is 0.157. The number of likely N-dealkylation sites (tertiary alicyclic amines) is 1. The highest BCUT2D eigenvalue weighted by atomic mass is 19.2. The standard InChI is InChI=1S/C27H31F4N3O5/c1-14(2)25(27(37)38)39-18-7-5-15(6-8-18)13-33-26(36)20-4-3-9-34(20)21(35)12-17(32)10-16-11-19(28)23(30)24(31)22(16)29/h5-8,11,14,17,20,25H,3-4,9-10,12-13,32H2,1-2H3,(H,33,36)(H,37,38)/t17-,20+,25+/m1/s1. The first-order valence-electron chi connectivity index (χ1n) is 12.5. The van der Waals surface area contributed by atoms with Gasteiger partial charge in [0.1, 0.15) is 11.8 Å². The number of nitrogens with two attached hydrogens (primary N) is 1. The van der Waals surface area contributed by atoms with E-state index in [0.29, 0.717) is 31.2 Å². The normalized spacial score (nSPS) is 16.7. The number of halogens is 4. The van der Waals surface area contributed by atoms with Gasteiger partial charge in [-0.3, -0.25) is 9.59 Å². The van der Waals surface area contributed by atoms with E-state index >= 15 is 0 Å². The molecule has 212 valence electrons. The predicted molar refractivity (Wildman–Crippen MR) is 132 cm³/mol. The Kier molecular flexibility index (Phi) is 9.90. The van der Waals surface area contributed by atoms with Gasteiger partial charge in [0.25, 0.3) is 0 Å². The van der Waals surface area contributed by atoms with E-state index in [9.17, 15) is 37.1 Å². The molecular formula is C27H31F4N3O5. The fourth-order valence-corrected chi connectivity index (χ4v) is 4.42. The molecule has 1 saturated heterocycles. The lowest BCUT2D eigenvalue weighted by Gasteiger charge is -2.25. The summed E-state index contributed by atoms with van der Waals surface area (Å²) in [4.78, 5) is 38.4. The number of nitrogens with one attached hydrogen (secondary N) is 1. The third-order valence-corrected chi connectivity index (χ3v) is 6.47. The van der Waals surface area contributed by atoms with E-state index in [-0.39, 0.29) is 24.8 Å². The molecule has 0 aromatic heterocycles. The second kappa shape index (κ2) is 12.9. The third kappa shape index (κ3) is 7.47. The molecule has 39 heavy (non-hydrogen) atoms. The number of ether oxygens (including phenoxy) is 1. The van der Waals surface area contributed by atoms with E-state index in [4.69, 9.17) is 10.5 Å². The lowest BCUT2D eigenvalue weighted by molar-refractivity contribution is -0.147. The molecular weight excluding hydrogens is 522 g/mol. The highest BCUT2D eigenvalue weighted by Gasteiger charge is 2.34. The Morgan fingerprint density at radius 1 is 1.10 bits per heavy atom. The first-order valence-corrected chi connectivity index (χ1v) is 12.5. The summed E-state index contributed by atoms with van der Waals surface area (Å²) in [5, 5.41) is 12.0. The number of amides is 2. The van der Waals surface area contributed by atoms with Crippen LogP contribution in [0, 0.1) is 29.2 Å². The van der Waals surface area contributed by atoms with Crippen molar-refractivity contribution in [3.05, 3.63) is 64.7 Å². The molecule has 8 nitrogen and oxygen atoms in total. The Morgan fingerprint density at radius 3 is 2.38 bits per heavy atom. The zero-order valence-corrected chi connectivity index (χ0v) is 21.6. The zero-order chi connectivity index (χ0) is 28.9. The molecule has 0 radical (unpaired) electrons. The summed E-state index contributed by atoms with van der Waals surface area (Å²) in [7, 11) is 0. The quantitative estimate of drug-likeness (QED) is 0.223. The molecule has 2 aromatic carbocycles. The van der Waals surface area contributed by atoms with Crippen molar-refractivity contribution >= 4 is 17.8 Å². The molecule has 1 aliphatic heterocycles. The number of hydrogen-bond donors (Lipinski definition) is 3. The average molecular weight is 554 g/mol. The van der Waals surface area contributed by atoms with Gasteiger partial charge in [0.05, 0.1) is 0 Å². The largest absolute Gasteiger partial charge is 0.478 e. The average Bonchev–Trinajstić information content (AvgIpc) is 3.38. The van der Waals surface area contributed by atoms with Crippen LogP contribution in [0.2, 0.25) is 0 Å². The number of benzene rings is 2. The molecule has 3 atom stereocenters. The van der Waals surface area contributed by atoms with Crippen molar-refractivity contribution in [1.82, 2.24) is 10.2 Å². The molecule has 0 spiro atoms. The maximum Gasteiger partial charge on any atom is 0.345 e. The molecule has 0 aliphatic carbocycles. The number of carboxylic acids is 1. The summed E-state index contributed by atoms with van der Waals surface area (Å²) in [5.41, 5.74) is 6.16. The van der Waals surface area contributed by atoms with Crippen LogP contribution in [0.4, 0.5) is 17.6 Å². The van der Waals surface area contributed by atoms with Gasteiger partial charge in [-0.2, -0.15) is 0 Å². The third-order valence-electron chi connectivity index (χ3n) is 6.47. The minimum atomic E-state index is -1.94. The SMILES string of the molecule is CC(C)[C@H](Oc1ccc(CNC(=O)[C@@H]2CCCN2C(=O)C[C@H](N)Cc2cc(F)c(F)c(F)c2F)cc1)C(=O)O. The summed E-state index contributed by atoms with van der Waals surface area (Å²) in [6.45, 7) is 3.94. The van der Waals surface area contributed by atoms with Crippen molar-refractivity contribution in [2.45, 2.75) is 64.3 Å². The zero-order valence-electron chi connectivity index (χ0n) is 21.6. The molecule has 2 aromatic rings. The summed E-state index contributed by atoms with van der Waals surface area (Å²) in [6, 6.07) is 5.34. The van der Waals surface area contributed by atoms with E-state index in [1.165, 1.54) is 4.90 Å². The fourth-order valence-electron chi connectivity index (χ4n) is 4.42. The van der Waals surface area contributed by atoms with Crippen LogP contribution in [0.5, 0.6) is 5.75 Å². The van der Waals surface area contributed by atoms with Crippen molar-refractivity contribution in [3.63, 3.8) is 0 Å². The lowest BCUT2D eigenvalue weighted by atomic mass is 10.0. The number of rotatable bonds is 11. The molecule has 1 fully saturated rings. The van der Waals surface area contributed by atoms with E-state index in [1.807, 2.05) is 0 Å². The molecule has 4 N–H and O–H groups in total. The number of carboxylic acid groups (broad SMARTS) is 1. The van der Waals surface area contributed by atoms with E-state index in [0.717, 1.165) is 5.56 Å². The van der Waals surface area contributed by atoms with Gasteiger partial charge >= 0.3 is 5.97 Å². The van der Waals surface area contributed by atoms with Crippen molar-refractivity contribution in [3.8, 4) is 5.75 Å². The van der Waals surface area contributed by atoms with Gasteiger partial charge in [-0.05, 0) is 48.6 Å². The Bertz CT molecular complexity index is 1210. The van der Waals surface area contributed by atoms with Gasteiger partial charge < -0.3 is 25.8 Å². The number of carbonyl (C=O) groups excluding carboxylic acids is 2. The maximum atomic E-state index is 14.0. The second-order valence-electron chi connectivity index (χ2n) is 9.86. The molecule has 12 heteroatoms. The van der Waals surface area contributed by atoms with Crippen LogP contribution >= 0.6 is 0 Å². The van der Waals surface area contributed by atoms with Crippen LogP contribution in [0.3, 0.4) is 0 Å². The van der Waals surface area contributed by atoms with Crippen molar-refractivity contribution in [2.75, 3.05) is 6.54 Å². The second-order valence-corrected chi connectivity index (χ2v) is 9.86. The Labute approximate surface area is 223 Å². The maximum absolute atomic E-state index is 14.0. The number of hydrogen-bond acceptors (Lipinski definition) is 5. The first-order chi connectivity index (χ1) is 18.4. The first kappa shape index (κ1) is 29.9. The van der Waals surface area contributed by atoms with Crippen LogP contribution in [0.15, 0.2) is 30.3 Å². The topological polar surface area (TPSA) is 122 Å². The van der Waals surface area contributed by atoms with Gasteiger partial charge in [-0.1, -0.05) is 26.0 Å². The number of nitrogens with zero attached hydrogens (tertiary/aromatic N) is 1. The number of aliphatic carboxylic acids is 1. The van der Waals surface area contributed by atoms with Gasteiger partial charge in [-0.15, -0.1) is 0 Å². The number of carbonyl (C=O) groups is 3. The van der Waals surface area contributed by atoms with Crippen LogP contribution in [-0.2, 0) is 27.3 Å². The Hall–Kier alpha value is -3.67. The fraction of sp³-hybridized carbons (Fsp3) is 0.444. The molecule has 1 heterocycles. The molecule has 1 aliphatic rings. The van der Waals surface area contributed by atoms with Crippen LogP contribution in [0.1, 0.15) is 44.2 Å². The van der Waals surface area contributed by atoms with E-state index in [1.54, 1.807) is 38.1 Å². The van der Waals surface area contributed by atoms with Crippen molar-refractivity contribution in [2.24, 2.45) is 11.7 Å². The molecule has 2 amide bonds. The molecule has 0 saturated carbocycles. The summed E-state index contributed by atoms with van der Waals surface area (Å²) < 4.78 is 59.6. The minimum Gasteiger partial charge on any atom is -0.478 e. The van der Waals surface area contributed by atoms with Gasteiger partial charge in [0.15, 0.2) is 29.4 Å². The Balaban J connectivity index is 1.54. The molecule has 3 rings (SSSR count). The lowest BCUT2D eigenvalue weighted by Crippen LogP contribution is -2.47. The van der Waals surface area contributed by atoms with E-state index in [2.05, 4.69) is 5.32 Å². The van der Waals surface area contributed by atoms with Crippen LogP contribution in [-0.4, -0.2) is 52.5 Å². The van der Waals surface area contributed by atoms with Gasteiger partial charge in [0.2, 0.25) is 11.8 Å². The molecule has 0 unspecified atom stereocenters. The van der Waals surface area contributed by atoms with Crippen molar-refractivity contribution < 1.29 is 41.8 Å². The summed E-state index contributed by atoms with van der Waals surface area (Å²) in [6.07, 6.45) is -0.700.